The first kappa shape index (κ1) is 10.3. The summed E-state index contributed by atoms with van der Waals surface area (Å²) in [6, 6.07) is 7.98. The van der Waals surface area contributed by atoms with Gasteiger partial charge >= 0.3 is 0 Å². The van der Waals surface area contributed by atoms with Gasteiger partial charge in [-0.05, 0) is 11.5 Å². The number of hydrogen-bond donors (Lipinski definition) is 1. The minimum absolute atomic E-state index is 0.695. The number of hydrogen-bond acceptors (Lipinski definition) is 5. The highest BCUT2D eigenvalue weighted by molar-refractivity contribution is 8.03. The second-order valence-corrected chi connectivity index (χ2v) is 4.50. The van der Waals surface area contributed by atoms with Crippen molar-refractivity contribution in [1.82, 2.24) is 10.2 Å². The maximum Gasteiger partial charge on any atom is 0.176 e. The third-order valence-electron chi connectivity index (χ3n) is 2.46. The minimum Gasteiger partial charge on any atom is -0.259 e. The Morgan fingerprint density at radius 2 is 2.24 bits per heavy atom. The Kier molecular flexibility index (Phi) is 2.75. The summed E-state index contributed by atoms with van der Waals surface area (Å²) in [6.45, 7) is 0. The minimum atomic E-state index is 0.695. The third kappa shape index (κ3) is 2.14. The molecule has 0 fully saturated rings. The fourth-order valence-corrected chi connectivity index (χ4v) is 2.29. The van der Waals surface area contributed by atoms with Crippen molar-refractivity contribution >= 4 is 34.1 Å². The molecule has 4 nitrogen and oxygen atoms in total. The van der Waals surface area contributed by atoms with E-state index in [0.29, 0.717) is 5.82 Å². The number of anilines is 1. The number of fused-ring (bicyclic) bond motifs is 1. The van der Waals surface area contributed by atoms with Gasteiger partial charge in [-0.25, -0.2) is 0 Å². The van der Waals surface area contributed by atoms with Crippen LogP contribution in [0.15, 0.2) is 47.0 Å². The van der Waals surface area contributed by atoms with E-state index < -0.39 is 0 Å². The van der Waals surface area contributed by atoms with Crippen LogP contribution in [0, 0.1) is 0 Å². The van der Waals surface area contributed by atoms with Crippen LogP contribution in [0.2, 0.25) is 0 Å². The standard InChI is InChI=1S/C12H10N4S/c1-2-4-11-9(3-1)7-13-15-12(11)16-14-10-5-6-17-8-10/h1-7H,8H2,(H,15,16). The van der Waals surface area contributed by atoms with Gasteiger partial charge in [-0.2, -0.15) is 10.2 Å². The Bertz CT molecular complexity index is 601. The number of thioether (sulfide) groups is 1. The molecule has 2 heterocycles. The van der Waals surface area contributed by atoms with Gasteiger partial charge in [-0.3, -0.25) is 5.43 Å². The van der Waals surface area contributed by atoms with E-state index in [1.165, 1.54) is 0 Å². The molecule has 1 aliphatic rings. The van der Waals surface area contributed by atoms with Gasteiger partial charge in [0.15, 0.2) is 5.82 Å². The summed E-state index contributed by atoms with van der Waals surface area (Å²) in [6.07, 6.45) is 3.75. The Labute approximate surface area is 103 Å². The summed E-state index contributed by atoms with van der Waals surface area (Å²) >= 11 is 1.73. The molecule has 1 aliphatic heterocycles. The zero-order valence-corrected chi connectivity index (χ0v) is 9.81. The van der Waals surface area contributed by atoms with Gasteiger partial charge in [0.1, 0.15) is 0 Å². The van der Waals surface area contributed by atoms with Crippen LogP contribution in [0.4, 0.5) is 5.82 Å². The molecule has 0 spiro atoms. The molecule has 3 rings (SSSR count). The van der Waals surface area contributed by atoms with Gasteiger partial charge in [-0.15, -0.1) is 16.9 Å². The van der Waals surface area contributed by atoms with Gasteiger partial charge in [0, 0.05) is 16.5 Å². The molecule has 84 valence electrons. The van der Waals surface area contributed by atoms with E-state index in [1.807, 2.05) is 35.7 Å². The lowest BCUT2D eigenvalue weighted by atomic mass is 10.2. The summed E-state index contributed by atoms with van der Waals surface area (Å²) in [7, 11) is 0. The van der Waals surface area contributed by atoms with E-state index >= 15 is 0 Å². The number of hydrazone groups is 1. The van der Waals surface area contributed by atoms with Crippen LogP contribution < -0.4 is 5.43 Å². The van der Waals surface area contributed by atoms with Crippen LogP contribution in [0.3, 0.4) is 0 Å². The Morgan fingerprint density at radius 3 is 3.12 bits per heavy atom. The summed E-state index contributed by atoms with van der Waals surface area (Å²) in [5, 5.41) is 16.4. The largest absolute Gasteiger partial charge is 0.259 e. The van der Waals surface area contributed by atoms with Crippen LogP contribution in [0.1, 0.15) is 0 Å². The highest BCUT2D eigenvalue weighted by atomic mass is 32.2. The Morgan fingerprint density at radius 1 is 1.29 bits per heavy atom. The van der Waals surface area contributed by atoms with Crippen molar-refractivity contribution in [2.75, 3.05) is 11.2 Å². The van der Waals surface area contributed by atoms with Crippen molar-refractivity contribution in [3.8, 4) is 0 Å². The van der Waals surface area contributed by atoms with E-state index in [4.69, 9.17) is 0 Å². The Balaban J connectivity index is 1.95. The molecule has 1 aromatic heterocycles. The van der Waals surface area contributed by atoms with E-state index in [2.05, 4.69) is 20.7 Å². The molecule has 0 radical (unpaired) electrons. The lowest BCUT2D eigenvalue weighted by Gasteiger charge is -2.03. The van der Waals surface area contributed by atoms with Crippen molar-refractivity contribution in [3.05, 3.63) is 41.9 Å². The zero-order valence-electron chi connectivity index (χ0n) is 9.00. The highest BCUT2D eigenvalue weighted by Gasteiger charge is 2.04. The summed E-state index contributed by atoms with van der Waals surface area (Å²) in [5.74, 6) is 1.60. The van der Waals surface area contributed by atoms with Crippen molar-refractivity contribution in [2.45, 2.75) is 0 Å². The van der Waals surface area contributed by atoms with Gasteiger partial charge in [0.2, 0.25) is 0 Å². The van der Waals surface area contributed by atoms with E-state index in [-0.39, 0.29) is 0 Å². The summed E-state index contributed by atoms with van der Waals surface area (Å²) < 4.78 is 0. The molecule has 0 saturated carbocycles. The van der Waals surface area contributed by atoms with Gasteiger partial charge in [0.25, 0.3) is 0 Å². The maximum atomic E-state index is 4.30. The first-order valence-corrected chi connectivity index (χ1v) is 6.29. The van der Waals surface area contributed by atoms with Gasteiger partial charge in [-0.1, -0.05) is 24.3 Å². The van der Waals surface area contributed by atoms with Crippen molar-refractivity contribution in [2.24, 2.45) is 5.10 Å². The molecular formula is C12H10N4S. The predicted octanol–water partition coefficient (Wildman–Crippen LogP) is 2.66. The molecule has 0 amide bonds. The highest BCUT2D eigenvalue weighted by Crippen LogP contribution is 2.19. The van der Waals surface area contributed by atoms with Gasteiger partial charge < -0.3 is 0 Å². The average Bonchev–Trinajstić information content (AvgIpc) is 2.89. The number of nitrogens with one attached hydrogen (secondary N) is 1. The molecule has 5 heteroatoms. The van der Waals surface area contributed by atoms with Crippen LogP contribution >= 0.6 is 11.8 Å². The van der Waals surface area contributed by atoms with Crippen LogP contribution in [-0.4, -0.2) is 21.7 Å². The molecule has 0 saturated heterocycles. The fourth-order valence-electron chi connectivity index (χ4n) is 1.61. The van der Waals surface area contributed by atoms with Crippen LogP contribution in [-0.2, 0) is 0 Å². The number of aromatic nitrogens is 2. The smallest absolute Gasteiger partial charge is 0.176 e. The maximum absolute atomic E-state index is 4.30. The molecule has 17 heavy (non-hydrogen) atoms. The molecule has 0 aliphatic carbocycles. The average molecular weight is 242 g/mol. The second-order valence-electron chi connectivity index (χ2n) is 3.61. The van der Waals surface area contributed by atoms with E-state index in [9.17, 15) is 0 Å². The number of nitrogens with zero attached hydrogens (tertiary/aromatic N) is 3. The first-order valence-electron chi connectivity index (χ1n) is 5.24. The monoisotopic (exact) mass is 242 g/mol. The number of allylic oxidation sites excluding steroid dienone is 1. The second kappa shape index (κ2) is 4.55. The summed E-state index contributed by atoms with van der Waals surface area (Å²) in [4.78, 5) is 0. The third-order valence-corrected chi connectivity index (χ3v) is 3.25. The number of benzene rings is 1. The van der Waals surface area contributed by atoms with Gasteiger partial charge in [0.05, 0.1) is 11.9 Å². The zero-order chi connectivity index (χ0) is 11.5. The van der Waals surface area contributed by atoms with E-state index in [0.717, 1.165) is 22.2 Å². The van der Waals surface area contributed by atoms with Crippen LogP contribution in [0.25, 0.3) is 10.8 Å². The van der Waals surface area contributed by atoms with Crippen molar-refractivity contribution in [3.63, 3.8) is 0 Å². The fraction of sp³-hybridized carbons (Fsp3) is 0.0833. The molecule has 1 N–H and O–H groups in total. The molecule has 1 aromatic carbocycles. The lowest BCUT2D eigenvalue weighted by molar-refractivity contribution is 1.04. The lowest BCUT2D eigenvalue weighted by Crippen LogP contribution is -2.01. The van der Waals surface area contributed by atoms with Crippen LogP contribution in [0.5, 0.6) is 0 Å². The molecule has 2 aromatic rings. The summed E-state index contributed by atoms with van der Waals surface area (Å²) in [5.41, 5.74) is 4.00. The molecule has 0 unspecified atom stereocenters. The van der Waals surface area contributed by atoms with Crippen molar-refractivity contribution < 1.29 is 0 Å². The molecule has 0 bridgehead atoms. The molecular weight excluding hydrogens is 232 g/mol. The molecule has 0 atom stereocenters. The van der Waals surface area contributed by atoms with E-state index in [1.54, 1.807) is 18.0 Å². The SMILES string of the molecule is C1=CC(=NNc2nncc3ccccc23)CS1. The topological polar surface area (TPSA) is 50.2 Å². The first-order chi connectivity index (χ1) is 8.43. The van der Waals surface area contributed by atoms with Crippen molar-refractivity contribution in [1.29, 1.82) is 0 Å². The quantitative estimate of drug-likeness (QED) is 0.822. The number of rotatable bonds is 2. The predicted molar refractivity (Wildman–Crippen MR) is 72.2 cm³/mol. The Hall–Kier alpha value is -1.88. The normalized spacial score (nSPS) is 16.8.